The van der Waals surface area contributed by atoms with Crippen molar-refractivity contribution in [3.8, 4) is 0 Å². The van der Waals surface area contributed by atoms with Gasteiger partial charge in [-0.25, -0.2) is 9.13 Å². The number of unbranched alkanes of at least 4 members (excludes halogenated alkanes) is 11. The number of rotatable bonds is 15. The fourth-order valence-electron chi connectivity index (χ4n) is 3.63. The smallest absolute Gasteiger partial charge is 0.235 e. The summed E-state index contributed by atoms with van der Waals surface area (Å²) in [5.74, 6) is 1.51. The Hall–Kier alpha value is -0.790. The highest BCUT2D eigenvalue weighted by Gasteiger charge is 2.17. The van der Waals surface area contributed by atoms with Crippen LogP contribution >= 0.6 is 0 Å². The molecule has 0 unspecified atom stereocenters. The molecule has 0 saturated carbocycles. The topological polar surface area (TPSA) is 8.81 Å². The van der Waals surface area contributed by atoms with E-state index in [1.807, 2.05) is 0 Å². The minimum absolute atomic E-state index is 0.574. The van der Waals surface area contributed by atoms with Crippen LogP contribution in [0.15, 0.2) is 12.4 Å². The second-order valence-electron chi connectivity index (χ2n) is 7.64. The van der Waals surface area contributed by atoms with Gasteiger partial charge in [-0.1, -0.05) is 77.6 Å². The Balaban J connectivity index is 2.04. The molecular formula is C22H43N2+. The van der Waals surface area contributed by atoms with Gasteiger partial charge in [0.05, 0.1) is 12.6 Å². The lowest BCUT2D eigenvalue weighted by molar-refractivity contribution is -0.700. The molecule has 2 nitrogen and oxygen atoms in total. The maximum atomic E-state index is 2.45. The van der Waals surface area contributed by atoms with E-state index < -0.39 is 0 Å². The first-order valence-electron chi connectivity index (χ1n) is 10.8. The van der Waals surface area contributed by atoms with E-state index in [1.165, 1.54) is 89.3 Å². The van der Waals surface area contributed by atoms with E-state index in [0.717, 1.165) is 6.54 Å². The molecule has 140 valence electrons. The van der Waals surface area contributed by atoms with E-state index in [4.69, 9.17) is 0 Å². The quantitative estimate of drug-likeness (QED) is 0.251. The number of hydrogen-bond donors (Lipinski definition) is 0. The lowest BCUT2D eigenvalue weighted by Gasteiger charge is -2.07. The summed E-state index contributed by atoms with van der Waals surface area (Å²) in [6, 6.07) is 0.574. The molecule has 0 saturated heterocycles. The molecule has 0 fully saturated rings. The van der Waals surface area contributed by atoms with Gasteiger partial charge in [0.1, 0.15) is 12.4 Å². The Labute approximate surface area is 151 Å². The molecule has 0 radical (unpaired) electrons. The number of aryl methyl sites for hydroxylation is 1. The van der Waals surface area contributed by atoms with Crippen molar-refractivity contribution in [3.63, 3.8) is 0 Å². The molecule has 1 aromatic rings. The van der Waals surface area contributed by atoms with E-state index in [9.17, 15) is 0 Å². The minimum atomic E-state index is 0.574. The zero-order valence-corrected chi connectivity index (χ0v) is 17.0. The minimum Gasteiger partial charge on any atom is -0.235 e. The van der Waals surface area contributed by atoms with Crippen LogP contribution in [0.1, 0.15) is 117 Å². The van der Waals surface area contributed by atoms with Crippen molar-refractivity contribution in [2.45, 2.75) is 124 Å². The van der Waals surface area contributed by atoms with Gasteiger partial charge in [0.25, 0.3) is 5.82 Å². The first-order chi connectivity index (χ1) is 11.7. The molecule has 0 N–H and O–H groups in total. The third-order valence-electron chi connectivity index (χ3n) is 5.19. The monoisotopic (exact) mass is 335 g/mol. The fraction of sp³-hybridized carbons (Fsp3) is 0.864. The molecule has 0 aliphatic carbocycles. The number of nitrogens with zero attached hydrogens (tertiary/aromatic N) is 2. The summed E-state index contributed by atoms with van der Waals surface area (Å²) in [5, 5.41) is 0. The van der Waals surface area contributed by atoms with Gasteiger partial charge in [-0.05, 0) is 27.2 Å². The second-order valence-corrected chi connectivity index (χ2v) is 7.64. The summed E-state index contributed by atoms with van der Waals surface area (Å²) in [5.41, 5.74) is 0. The molecule has 1 aromatic heterocycles. The van der Waals surface area contributed by atoms with Crippen molar-refractivity contribution in [1.82, 2.24) is 4.57 Å². The first kappa shape index (κ1) is 21.3. The van der Waals surface area contributed by atoms with Gasteiger partial charge in [-0.2, -0.15) is 0 Å². The van der Waals surface area contributed by atoms with E-state index in [1.54, 1.807) is 0 Å². The molecule has 0 aliphatic rings. The Kier molecular flexibility index (Phi) is 12.0. The van der Waals surface area contributed by atoms with Gasteiger partial charge < -0.3 is 0 Å². The largest absolute Gasteiger partial charge is 0.256 e. The highest BCUT2D eigenvalue weighted by atomic mass is 15.2. The number of aromatic nitrogens is 2. The summed E-state index contributed by atoms with van der Waals surface area (Å²) >= 11 is 0. The van der Waals surface area contributed by atoms with Crippen LogP contribution in [0.5, 0.6) is 0 Å². The highest BCUT2D eigenvalue weighted by Crippen LogP contribution is 2.14. The summed E-state index contributed by atoms with van der Waals surface area (Å²) < 4.78 is 4.86. The lowest BCUT2D eigenvalue weighted by Crippen LogP contribution is -2.36. The van der Waals surface area contributed by atoms with Crippen molar-refractivity contribution in [2.75, 3.05) is 0 Å². The molecule has 1 heterocycles. The summed E-state index contributed by atoms with van der Waals surface area (Å²) in [4.78, 5) is 0. The number of imidazole rings is 1. The van der Waals surface area contributed by atoms with E-state index in [0.29, 0.717) is 6.04 Å². The van der Waals surface area contributed by atoms with Crippen LogP contribution < -0.4 is 4.57 Å². The van der Waals surface area contributed by atoms with E-state index in [2.05, 4.69) is 49.2 Å². The average Bonchev–Trinajstić information content (AvgIpc) is 2.99. The molecular weight excluding hydrogens is 292 g/mol. The van der Waals surface area contributed by atoms with Crippen LogP contribution in [0.3, 0.4) is 0 Å². The van der Waals surface area contributed by atoms with E-state index >= 15 is 0 Å². The van der Waals surface area contributed by atoms with Crippen molar-refractivity contribution in [3.05, 3.63) is 18.2 Å². The van der Waals surface area contributed by atoms with Gasteiger partial charge in [-0.3, -0.25) is 0 Å². The third-order valence-corrected chi connectivity index (χ3v) is 5.19. The van der Waals surface area contributed by atoms with Crippen LogP contribution in [-0.4, -0.2) is 4.57 Å². The Morgan fingerprint density at radius 1 is 0.792 bits per heavy atom. The summed E-state index contributed by atoms with van der Waals surface area (Å²) in [6.45, 7) is 10.2. The maximum Gasteiger partial charge on any atom is 0.256 e. The third kappa shape index (κ3) is 8.35. The molecule has 0 aliphatic heterocycles. The van der Waals surface area contributed by atoms with Crippen molar-refractivity contribution < 1.29 is 4.57 Å². The van der Waals surface area contributed by atoms with Crippen LogP contribution in [0.25, 0.3) is 0 Å². The van der Waals surface area contributed by atoms with E-state index in [-0.39, 0.29) is 0 Å². The zero-order valence-electron chi connectivity index (χ0n) is 17.0. The molecule has 0 atom stereocenters. The maximum absolute atomic E-state index is 2.45. The zero-order chi connectivity index (χ0) is 17.6. The molecule has 0 aromatic carbocycles. The van der Waals surface area contributed by atoms with Crippen LogP contribution in [0.4, 0.5) is 0 Å². The molecule has 0 spiro atoms. The second kappa shape index (κ2) is 13.5. The van der Waals surface area contributed by atoms with Crippen LogP contribution in [0.2, 0.25) is 0 Å². The average molecular weight is 336 g/mol. The van der Waals surface area contributed by atoms with Crippen molar-refractivity contribution in [1.29, 1.82) is 0 Å². The number of hydrogen-bond acceptors (Lipinski definition) is 0. The van der Waals surface area contributed by atoms with Gasteiger partial charge in [0.2, 0.25) is 0 Å². The van der Waals surface area contributed by atoms with Crippen molar-refractivity contribution in [2.24, 2.45) is 0 Å². The highest BCUT2D eigenvalue weighted by molar-refractivity contribution is 4.86. The van der Waals surface area contributed by atoms with Gasteiger partial charge in [0, 0.05) is 6.42 Å². The Morgan fingerprint density at radius 2 is 1.29 bits per heavy atom. The summed E-state index contributed by atoms with van der Waals surface area (Å²) in [7, 11) is 0. The Bertz CT molecular complexity index is 406. The van der Waals surface area contributed by atoms with Gasteiger partial charge in [-0.15, -0.1) is 0 Å². The molecule has 2 heteroatoms. The first-order valence-corrected chi connectivity index (χ1v) is 10.8. The lowest BCUT2D eigenvalue weighted by atomic mass is 10.0. The van der Waals surface area contributed by atoms with Gasteiger partial charge in [0.15, 0.2) is 0 Å². The normalized spacial score (nSPS) is 11.5. The fourth-order valence-corrected chi connectivity index (χ4v) is 3.63. The predicted octanol–water partition coefficient (Wildman–Crippen LogP) is 6.62. The molecule has 0 bridgehead atoms. The molecule has 0 amide bonds. The predicted molar refractivity (Wildman–Crippen MR) is 105 cm³/mol. The van der Waals surface area contributed by atoms with Crippen molar-refractivity contribution >= 4 is 0 Å². The SMILES string of the molecule is CCCCCCCCCCCCCCc1n(C(C)C)cc[n+]1CC. The standard InChI is InChI=1S/C22H43N2/c1-5-7-8-9-10-11-12-13-14-15-16-17-18-22-23(6-2)19-20-24(22)21(3)4/h19-21H,5-18H2,1-4H3/q+1. The molecule has 24 heavy (non-hydrogen) atoms. The molecule has 1 rings (SSSR count). The van der Waals surface area contributed by atoms with Crippen LogP contribution in [0, 0.1) is 0 Å². The Morgan fingerprint density at radius 3 is 1.75 bits per heavy atom. The van der Waals surface area contributed by atoms with Crippen LogP contribution in [-0.2, 0) is 13.0 Å². The summed E-state index contributed by atoms with van der Waals surface area (Å²) in [6.07, 6.45) is 22.9. The van der Waals surface area contributed by atoms with Gasteiger partial charge >= 0.3 is 0 Å².